The van der Waals surface area contributed by atoms with Crippen LogP contribution in [0.1, 0.15) is 17.5 Å². The summed E-state index contributed by atoms with van der Waals surface area (Å²) < 4.78 is 6.72. The second-order valence-electron chi connectivity index (χ2n) is 4.33. The number of furan rings is 1. The minimum absolute atomic E-state index is 0.311. The SMILES string of the molecule is NNC(c1ccc(Br)cn1)c1cc2cc(Cl)ccc2o1. The van der Waals surface area contributed by atoms with Crippen molar-refractivity contribution in [2.24, 2.45) is 5.84 Å². The average molecular weight is 353 g/mol. The van der Waals surface area contributed by atoms with Crippen LogP contribution in [0.4, 0.5) is 0 Å². The zero-order valence-corrected chi connectivity index (χ0v) is 12.6. The van der Waals surface area contributed by atoms with Gasteiger partial charge >= 0.3 is 0 Å². The molecule has 3 rings (SSSR count). The van der Waals surface area contributed by atoms with Crippen molar-refractivity contribution in [1.82, 2.24) is 10.4 Å². The fraction of sp³-hybridized carbons (Fsp3) is 0.0714. The van der Waals surface area contributed by atoms with Gasteiger partial charge in [0.15, 0.2) is 0 Å². The number of nitrogens with two attached hydrogens (primary N) is 1. The summed E-state index contributed by atoms with van der Waals surface area (Å²) in [6, 6.07) is 10.9. The third-order valence-electron chi connectivity index (χ3n) is 2.99. The van der Waals surface area contributed by atoms with E-state index in [-0.39, 0.29) is 6.04 Å². The fourth-order valence-electron chi connectivity index (χ4n) is 2.05. The van der Waals surface area contributed by atoms with Crippen LogP contribution in [0.5, 0.6) is 0 Å². The molecule has 0 bridgehead atoms. The Labute approximate surface area is 129 Å². The van der Waals surface area contributed by atoms with Crippen LogP contribution < -0.4 is 11.3 Å². The predicted molar refractivity (Wildman–Crippen MR) is 82.3 cm³/mol. The average Bonchev–Trinajstić information content (AvgIpc) is 2.84. The molecule has 4 nitrogen and oxygen atoms in total. The molecule has 1 atom stereocenters. The zero-order chi connectivity index (χ0) is 14.1. The Morgan fingerprint density at radius 3 is 2.80 bits per heavy atom. The molecule has 1 unspecified atom stereocenters. The monoisotopic (exact) mass is 351 g/mol. The van der Waals surface area contributed by atoms with E-state index in [0.29, 0.717) is 10.8 Å². The Hall–Kier alpha value is -1.40. The zero-order valence-electron chi connectivity index (χ0n) is 10.3. The first-order chi connectivity index (χ1) is 9.67. The quantitative estimate of drug-likeness (QED) is 0.556. The molecule has 0 spiro atoms. The van der Waals surface area contributed by atoms with Gasteiger partial charge in [-0.1, -0.05) is 11.6 Å². The van der Waals surface area contributed by atoms with E-state index in [4.69, 9.17) is 21.9 Å². The van der Waals surface area contributed by atoms with Crippen LogP contribution in [0.3, 0.4) is 0 Å². The number of fused-ring (bicyclic) bond motifs is 1. The van der Waals surface area contributed by atoms with Gasteiger partial charge in [-0.05, 0) is 52.3 Å². The molecule has 6 heteroatoms. The van der Waals surface area contributed by atoms with Gasteiger partial charge < -0.3 is 4.42 Å². The van der Waals surface area contributed by atoms with Crippen LogP contribution in [-0.2, 0) is 0 Å². The lowest BCUT2D eigenvalue weighted by Gasteiger charge is -2.12. The molecule has 0 saturated heterocycles. The summed E-state index contributed by atoms with van der Waals surface area (Å²) >= 11 is 9.33. The first-order valence-electron chi connectivity index (χ1n) is 5.94. The standard InChI is InChI=1S/C14H11BrClN3O/c15-9-1-3-11(18-7-9)14(19-17)13-6-8-5-10(16)2-4-12(8)20-13/h1-7,14,19H,17H2. The molecule has 20 heavy (non-hydrogen) atoms. The highest BCUT2D eigenvalue weighted by atomic mass is 79.9. The smallest absolute Gasteiger partial charge is 0.134 e. The van der Waals surface area contributed by atoms with Gasteiger partial charge in [0.05, 0.1) is 5.69 Å². The molecule has 0 aliphatic carbocycles. The summed E-state index contributed by atoms with van der Waals surface area (Å²) in [5, 5.41) is 1.61. The van der Waals surface area contributed by atoms with Crippen molar-refractivity contribution in [2.75, 3.05) is 0 Å². The van der Waals surface area contributed by atoms with E-state index in [1.165, 1.54) is 0 Å². The largest absolute Gasteiger partial charge is 0.459 e. The summed E-state index contributed by atoms with van der Waals surface area (Å²) in [5.41, 5.74) is 4.27. The summed E-state index contributed by atoms with van der Waals surface area (Å²) in [6.07, 6.45) is 1.72. The minimum atomic E-state index is -0.311. The molecular formula is C14H11BrClN3O. The van der Waals surface area contributed by atoms with Gasteiger partial charge in [-0.2, -0.15) is 0 Å². The maximum Gasteiger partial charge on any atom is 0.134 e. The van der Waals surface area contributed by atoms with Crippen molar-refractivity contribution in [2.45, 2.75) is 6.04 Å². The summed E-state index contributed by atoms with van der Waals surface area (Å²) in [5.74, 6) is 6.33. The van der Waals surface area contributed by atoms with Crippen LogP contribution in [0, 0.1) is 0 Å². The van der Waals surface area contributed by atoms with E-state index < -0.39 is 0 Å². The van der Waals surface area contributed by atoms with Crippen LogP contribution >= 0.6 is 27.5 Å². The van der Waals surface area contributed by atoms with Crippen LogP contribution in [0.25, 0.3) is 11.0 Å². The number of rotatable bonds is 3. The van der Waals surface area contributed by atoms with Crippen LogP contribution in [-0.4, -0.2) is 4.98 Å². The van der Waals surface area contributed by atoms with Crippen molar-refractivity contribution in [3.8, 4) is 0 Å². The topological polar surface area (TPSA) is 64.1 Å². The van der Waals surface area contributed by atoms with Gasteiger partial charge in [-0.25, -0.2) is 5.43 Å². The molecule has 102 valence electrons. The third kappa shape index (κ3) is 2.58. The molecule has 3 N–H and O–H groups in total. The minimum Gasteiger partial charge on any atom is -0.459 e. The van der Waals surface area contributed by atoms with E-state index >= 15 is 0 Å². The molecule has 0 aliphatic rings. The number of halogens is 2. The number of pyridine rings is 1. The summed E-state index contributed by atoms with van der Waals surface area (Å²) in [7, 11) is 0. The van der Waals surface area contributed by atoms with E-state index in [2.05, 4.69) is 26.3 Å². The Balaban J connectivity index is 2.04. The Morgan fingerprint density at radius 2 is 2.10 bits per heavy atom. The lowest BCUT2D eigenvalue weighted by atomic mass is 10.1. The maximum absolute atomic E-state index is 5.98. The van der Waals surface area contributed by atoms with Crippen molar-refractivity contribution >= 4 is 38.5 Å². The number of aromatic nitrogens is 1. The molecule has 0 radical (unpaired) electrons. The van der Waals surface area contributed by atoms with Crippen LogP contribution in [0.15, 0.2) is 51.5 Å². The number of benzene rings is 1. The van der Waals surface area contributed by atoms with Crippen LogP contribution in [0.2, 0.25) is 5.02 Å². The molecule has 2 heterocycles. The lowest BCUT2D eigenvalue weighted by Crippen LogP contribution is -2.29. The Morgan fingerprint density at radius 1 is 1.25 bits per heavy atom. The summed E-state index contributed by atoms with van der Waals surface area (Å²) in [6.45, 7) is 0. The number of nitrogens with one attached hydrogen (secondary N) is 1. The first kappa shape index (κ1) is 13.6. The fourth-order valence-corrected chi connectivity index (χ4v) is 2.46. The number of hydrazine groups is 1. The van der Waals surface area contributed by atoms with Gasteiger partial charge in [-0.3, -0.25) is 10.8 Å². The second-order valence-corrected chi connectivity index (χ2v) is 5.68. The predicted octanol–water partition coefficient (Wildman–Crippen LogP) is 3.80. The van der Waals surface area contributed by atoms with E-state index in [9.17, 15) is 0 Å². The van der Waals surface area contributed by atoms with Crippen molar-refractivity contribution in [1.29, 1.82) is 0 Å². The van der Waals surface area contributed by atoms with Crippen molar-refractivity contribution < 1.29 is 4.42 Å². The van der Waals surface area contributed by atoms with E-state index in [1.807, 2.05) is 30.3 Å². The second kappa shape index (κ2) is 5.54. The van der Waals surface area contributed by atoms with Gasteiger partial charge in [-0.15, -0.1) is 0 Å². The number of nitrogens with zero attached hydrogens (tertiary/aromatic N) is 1. The molecule has 1 aromatic carbocycles. The van der Waals surface area contributed by atoms with Gasteiger partial charge in [0.1, 0.15) is 17.4 Å². The molecule has 0 aliphatic heterocycles. The highest BCUT2D eigenvalue weighted by molar-refractivity contribution is 9.10. The molecular weight excluding hydrogens is 342 g/mol. The molecule has 2 aromatic heterocycles. The molecule has 0 saturated carbocycles. The number of hydrogen-bond donors (Lipinski definition) is 2. The normalized spacial score (nSPS) is 12.8. The molecule has 0 fully saturated rings. The van der Waals surface area contributed by atoms with Gasteiger partial charge in [0.25, 0.3) is 0 Å². The highest BCUT2D eigenvalue weighted by Gasteiger charge is 2.18. The molecule has 3 aromatic rings. The number of hydrogen-bond acceptors (Lipinski definition) is 4. The van der Waals surface area contributed by atoms with Gasteiger partial charge in [0, 0.05) is 21.1 Å². The summed E-state index contributed by atoms with van der Waals surface area (Å²) in [4.78, 5) is 4.34. The van der Waals surface area contributed by atoms with Crippen molar-refractivity contribution in [3.05, 3.63) is 63.5 Å². The highest BCUT2D eigenvalue weighted by Crippen LogP contribution is 2.29. The maximum atomic E-state index is 5.98. The first-order valence-corrected chi connectivity index (χ1v) is 7.11. The van der Waals surface area contributed by atoms with Crippen molar-refractivity contribution in [3.63, 3.8) is 0 Å². The Kier molecular flexibility index (Phi) is 3.76. The Bertz CT molecular complexity index is 742. The van der Waals surface area contributed by atoms with Gasteiger partial charge in [0.2, 0.25) is 0 Å². The van der Waals surface area contributed by atoms with E-state index in [0.717, 1.165) is 21.1 Å². The van der Waals surface area contributed by atoms with E-state index in [1.54, 1.807) is 12.3 Å². The lowest BCUT2D eigenvalue weighted by molar-refractivity contribution is 0.471. The molecule has 0 amide bonds. The third-order valence-corrected chi connectivity index (χ3v) is 3.70.